The first-order valence-corrected chi connectivity index (χ1v) is 10.2. The number of nitrogens with zero attached hydrogens (tertiary/aromatic N) is 2. The maximum Gasteiger partial charge on any atom is 0.506 e. The Hall–Kier alpha value is -3.32. The summed E-state index contributed by atoms with van der Waals surface area (Å²) in [5.41, 5.74) is 2.33. The van der Waals surface area contributed by atoms with Crippen LogP contribution in [-0.2, 0) is 11.3 Å². The van der Waals surface area contributed by atoms with Gasteiger partial charge >= 0.3 is 11.9 Å². The smallest absolute Gasteiger partial charge is 0.244 e. The van der Waals surface area contributed by atoms with Crippen molar-refractivity contribution < 1.29 is 22.9 Å². The van der Waals surface area contributed by atoms with E-state index in [4.69, 9.17) is 0 Å². The molecule has 2 aliphatic rings. The highest BCUT2D eigenvalue weighted by Crippen LogP contribution is 2.41. The Morgan fingerprint density at radius 3 is 2.43 bits per heavy atom. The zero-order valence-corrected chi connectivity index (χ0v) is 16.4. The Morgan fingerprint density at radius 2 is 1.67 bits per heavy atom. The fourth-order valence-electron chi connectivity index (χ4n) is 3.79. The molecule has 4 nitrogen and oxygen atoms in total. The van der Waals surface area contributed by atoms with E-state index >= 15 is 0 Å². The number of carbonyl (C=O) groups is 2. The molecule has 148 valence electrons. The lowest BCUT2D eigenvalue weighted by atomic mass is 10.0. The molecule has 3 aromatic rings. The van der Waals surface area contributed by atoms with Gasteiger partial charge in [-0.2, -0.15) is 9.37 Å². The second kappa shape index (κ2) is 7.18. The first kappa shape index (κ1) is 18.7. The van der Waals surface area contributed by atoms with Gasteiger partial charge in [-0.25, -0.2) is 13.6 Å². The highest BCUT2D eigenvalue weighted by molar-refractivity contribution is 8.02. The molecule has 30 heavy (non-hydrogen) atoms. The zero-order valence-electron chi connectivity index (χ0n) is 15.6. The Balaban J connectivity index is 1.67. The number of benzene rings is 3. The standard InChI is InChI=1S/C23H15F2N2O2S/c24-15-8-10-17(11-9-15)27-22(28)21-20(18-6-1-2-7-19(18)30-21)26(23(27)29)13-14-4-3-5-16(25)12-14/h1-12,21H,13H2/q+1. The highest BCUT2D eigenvalue weighted by Gasteiger charge is 2.53. The minimum Gasteiger partial charge on any atom is -0.244 e. The molecule has 0 saturated carbocycles. The summed E-state index contributed by atoms with van der Waals surface area (Å²) in [6, 6.07) is 18.2. The van der Waals surface area contributed by atoms with E-state index in [1.54, 1.807) is 12.1 Å². The number of imide groups is 1. The third-order valence-electron chi connectivity index (χ3n) is 5.13. The Kier molecular flexibility index (Phi) is 4.47. The molecular weight excluding hydrogens is 406 g/mol. The maximum atomic E-state index is 13.8. The Labute approximate surface area is 175 Å². The second-order valence-corrected chi connectivity index (χ2v) is 8.17. The van der Waals surface area contributed by atoms with Crippen molar-refractivity contribution in [2.75, 3.05) is 4.90 Å². The van der Waals surface area contributed by atoms with Gasteiger partial charge in [-0.15, -0.1) is 16.7 Å². The molecule has 0 aliphatic carbocycles. The molecule has 5 rings (SSSR count). The summed E-state index contributed by atoms with van der Waals surface area (Å²) < 4.78 is 28.7. The van der Waals surface area contributed by atoms with Gasteiger partial charge in [0.25, 0.3) is 0 Å². The SMILES string of the molecule is O=C1C2Sc3ccccc3C2=[N+](Cc2cccc(F)c2)C(=O)N1c1ccc(F)cc1. The van der Waals surface area contributed by atoms with Gasteiger partial charge in [-0.1, -0.05) is 24.3 Å². The Morgan fingerprint density at radius 1 is 0.900 bits per heavy atom. The van der Waals surface area contributed by atoms with Crippen molar-refractivity contribution in [1.29, 1.82) is 0 Å². The van der Waals surface area contributed by atoms with E-state index in [-0.39, 0.29) is 12.5 Å². The number of amides is 3. The van der Waals surface area contributed by atoms with Crippen LogP contribution in [0.4, 0.5) is 19.3 Å². The molecule has 0 bridgehead atoms. The monoisotopic (exact) mass is 421 g/mol. The van der Waals surface area contributed by atoms with Crippen LogP contribution in [0, 0.1) is 11.6 Å². The molecule has 0 fully saturated rings. The van der Waals surface area contributed by atoms with Gasteiger partial charge < -0.3 is 0 Å². The molecule has 0 radical (unpaired) electrons. The number of fused-ring (bicyclic) bond motifs is 3. The van der Waals surface area contributed by atoms with Crippen LogP contribution >= 0.6 is 11.8 Å². The lowest BCUT2D eigenvalue weighted by Gasteiger charge is -2.24. The predicted molar refractivity (Wildman–Crippen MR) is 110 cm³/mol. The van der Waals surface area contributed by atoms with Crippen LogP contribution in [0.1, 0.15) is 11.1 Å². The number of halogens is 2. The van der Waals surface area contributed by atoms with Gasteiger partial charge in [0.15, 0.2) is 5.25 Å². The molecule has 2 heterocycles. The molecular formula is C23H15F2N2O2S+. The molecule has 2 aliphatic heterocycles. The second-order valence-electron chi connectivity index (χ2n) is 7.03. The predicted octanol–water partition coefficient (Wildman–Crippen LogP) is 4.61. The summed E-state index contributed by atoms with van der Waals surface area (Å²) in [6.45, 7) is 0.113. The van der Waals surface area contributed by atoms with Gasteiger partial charge in [-0.05, 0) is 54.1 Å². The third-order valence-corrected chi connectivity index (χ3v) is 6.40. The Bertz CT molecular complexity index is 1220. The van der Waals surface area contributed by atoms with Crippen molar-refractivity contribution in [2.24, 2.45) is 0 Å². The van der Waals surface area contributed by atoms with E-state index in [2.05, 4.69) is 0 Å². The molecule has 0 saturated heterocycles. The average Bonchev–Trinajstić information content (AvgIpc) is 3.13. The van der Waals surface area contributed by atoms with Crippen molar-refractivity contribution in [3.8, 4) is 0 Å². The molecule has 0 aromatic heterocycles. The maximum absolute atomic E-state index is 13.8. The van der Waals surface area contributed by atoms with Crippen LogP contribution in [0.15, 0.2) is 77.7 Å². The molecule has 3 aromatic carbocycles. The normalized spacial score (nSPS) is 17.9. The fraction of sp³-hybridized carbons (Fsp3) is 0.0870. The summed E-state index contributed by atoms with van der Waals surface area (Å²) in [6.07, 6.45) is 0. The van der Waals surface area contributed by atoms with Crippen LogP contribution in [0.2, 0.25) is 0 Å². The van der Waals surface area contributed by atoms with Crippen molar-refractivity contribution in [3.63, 3.8) is 0 Å². The van der Waals surface area contributed by atoms with E-state index in [1.807, 2.05) is 24.3 Å². The van der Waals surface area contributed by atoms with Crippen molar-refractivity contribution in [1.82, 2.24) is 0 Å². The van der Waals surface area contributed by atoms with E-state index < -0.39 is 22.9 Å². The minimum atomic E-state index is -0.612. The van der Waals surface area contributed by atoms with Crippen LogP contribution < -0.4 is 4.90 Å². The highest BCUT2D eigenvalue weighted by atomic mass is 32.2. The first-order chi connectivity index (χ1) is 14.5. The summed E-state index contributed by atoms with van der Waals surface area (Å²) in [4.78, 5) is 28.8. The van der Waals surface area contributed by atoms with E-state index in [0.717, 1.165) is 15.4 Å². The number of anilines is 1. The number of hydrogen-bond donors (Lipinski definition) is 0. The lowest BCUT2D eigenvalue weighted by molar-refractivity contribution is -0.444. The van der Waals surface area contributed by atoms with Gasteiger partial charge in [0.05, 0.1) is 0 Å². The number of hydrogen-bond acceptors (Lipinski definition) is 3. The quantitative estimate of drug-likeness (QED) is 0.580. The van der Waals surface area contributed by atoms with Crippen molar-refractivity contribution in [3.05, 3.63) is 95.6 Å². The number of carbonyl (C=O) groups excluding carboxylic acids is 2. The summed E-state index contributed by atoms with van der Waals surface area (Å²) in [7, 11) is 0. The summed E-state index contributed by atoms with van der Waals surface area (Å²) >= 11 is 1.38. The zero-order chi connectivity index (χ0) is 20.8. The topological polar surface area (TPSA) is 40.4 Å². The molecule has 1 atom stereocenters. The number of thioether (sulfide) groups is 1. The number of urea groups is 1. The molecule has 3 amide bonds. The molecule has 0 N–H and O–H groups in total. The lowest BCUT2D eigenvalue weighted by Crippen LogP contribution is -2.55. The van der Waals surface area contributed by atoms with Gasteiger partial charge in [-0.3, -0.25) is 0 Å². The van der Waals surface area contributed by atoms with Crippen LogP contribution in [-0.4, -0.2) is 27.5 Å². The van der Waals surface area contributed by atoms with Crippen molar-refractivity contribution in [2.45, 2.75) is 16.7 Å². The minimum absolute atomic E-state index is 0.113. The fourth-order valence-corrected chi connectivity index (χ4v) is 5.08. The molecule has 1 unspecified atom stereocenters. The average molecular weight is 421 g/mol. The third kappa shape index (κ3) is 3.02. The molecule has 0 spiro atoms. The first-order valence-electron chi connectivity index (χ1n) is 9.31. The van der Waals surface area contributed by atoms with Gasteiger partial charge in [0.1, 0.15) is 29.6 Å². The summed E-state index contributed by atoms with van der Waals surface area (Å²) in [5, 5.41) is -0.612. The van der Waals surface area contributed by atoms with Crippen LogP contribution in [0.25, 0.3) is 0 Å². The van der Waals surface area contributed by atoms with Crippen LogP contribution in [0.3, 0.4) is 0 Å². The van der Waals surface area contributed by atoms with E-state index in [9.17, 15) is 18.4 Å². The van der Waals surface area contributed by atoms with Crippen LogP contribution in [0.5, 0.6) is 0 Å². The van der Waals surface area contributed by atoms with Gasteiger partial charge in [0.2, 0.25) is 0 Å². The van der Waals surface area contributed by atoms with Crippen molar-refractivity contribution >= 4 is 35.1 Å². The molecule has 7 heteroatoms. The van der Waals surface area contributed by atoms with E-state index in [1.165, 1.54) is 52.7 Å². The van der Waals surface area contributed by atoms with E-state index in [0.29, 0.717) is 17.0 Å². The summed E-state index contributed by atoms with van der Waals surface area (Å²) in [5.74, 6) is -1.23. The van der Waals surface area contributed by atoms with Gasteiger partial charge in [0, 0.05) is 10.5 Å². The number of rotatable bonds is 3. The largest absolute Gasteiger partial charge is 0.506 e.